The van der Waals surface area contributed by atoms with Crippen LogP contribution in [0, 0.1) is 5.92 Å². The number of amides is 3. The van der Waals surface area contributed by atoms with E-state index in [2.05, 4.69) is 16.0 Å². The molecule has 0 aromatic heterocycles. The molecule has 0 aliphatic carbocycles. The Hall–Kier alpha value is -2.28. The molecule has 0 rings (SSSR count). The van der Waals surface area contributed by atoms with Gasteiger partial charge in [0, 0.05) is 0 Å². The van der Waals surface area contributed by atoms with Gasteiger partial charge in [0.15, 0.2) is 0 Å². The topological polar surface area (TPSA) is 217 Å². The zero-order valence-corrected chi connectivity index (χ0v) is 16.8. The second-order valence-electron chi connectivity index (χ2n) is 6.94. The number of carbonyl (C=O) groups excluding carboxylic acids is 3. The van der Waals surface area contributed by atoms with E-state index in [9.17, 15) is 24.3 Å². The Kier molecular flexibility index (Phi) is 12.7. The number of aliphatic hydroxyl groups is 2. The molecule has 0 aromatic rings. The van der Waals surface area contributed by atoms with Crippen molar-refractivity contribution >= 4 is 23.7 Å². The van der Waals surface area contributed by atoms with E-state index < -0.39 is 61.1 Å². The molecule has 10 N–H and O–H groups in total. The van der Waals surface area contributed by atoms with Gasteiger partial charge in [-0.3, -0.25) is 14.4 Å². The third-order valence-corrected chi connectivity index (χ3v) is 4.21. The molecule has 0 aliphatic rings. The molecule has 0 saturated carbocycles. The number of aliphatic carboxylic acids is 1. The minimum Gasteiger partial charge on any atom is -0.480 e. The number of carbonyl (C=O) groups is 4. The largest absolute Gasteiger partial charge is 0.480 e. The highest BCUT2D eigenvalue weighted by Crippen LogP contribution is 2.04. The van der Waals surface area contributed by atoms with E-state index >= 15 is 0 Å². The maximum absolute atomic E-state index is 12.4. The molecule has 12 nitrogen and oxygen atoms in total. The Morgan fingerprint density at radius 1 is 0.828 bits per heavy atom. The highest BCUT2D eigenvalue weighted by atomic mass is 16.4. The van der Waals surface area contributed by atoms with Crippen molar-refractivity contribution in [1.82, 2.24) is 16.0 Å². The van der Waals surface area contributed by atoms with Gasteiger partial charge in [0.1, 0.15) is 18.1 Å². The van der Waals surface area contributed by atoms with Crippen LogP contribution in [0.1, 0.15) is 33.1 Å². The van der Waals surface area contributed by atoms with Crippen LogP contribution < -0.4 is 27.4 Å². The summed E-state index contributed by atoms with van der Waals surface area (Å²) in [6.45, 7) is 2.24. The third-order valence-electron chi connectivity index (χ3n) is 4.21. The fraction of sp³-hybridized carbons (Fsp3) is 0.765. The smallest absolute Gasteiger partial charge is 0.328 e. The van der Waals surface area contributed by atoms with Crippen LogP contribution in [0.15, 0.2) is 0 Å². The van der Waals surface area contributed by atoms with Gasteiger partial charge in [0.2, 0.25) is 17.7 Å². The second-order valence-corrected chi connectivity index (χ2v) is 6.94. The van der Waals surface area contributed by atoms with Crippen molar-refractivity contribution in [3.8, 4) is 0 Å². The molecule has 4 atom stereocenters. The molecule has 0 heterocycles. The number of carboxylic acid groups (broad SMARTS) is 1. The van der Waals surface area contributed by atoms with Crippen molar-refractivity contribution in [3.63, 3.8) is 0 Å². The molecule has 0 saturated heterocycles. The van der Waals surface area contributed by atoms with Crippen LogP contribution in [0.4, 0.5) is 0 Å². The normalized spacial score (nSPS) is 15.1. The molecule has 0 aromatic carbocycles. The number of hydrogen-bond acceptors (Lipinski definition) is 8. The van der Waals surface area contributed by atoms with Gasteiger partial charge in [-0.2, -0.15) is 0 Å². The van der Waals surface area contributed by atoms with Gasteiger partial charge in [-0.25, -0.2) is 4.79 Å². The van der Waals surface area contributed by atoms with Crippen molar-refractivity contribution in [2.24, 2.45) is 17.4 Å². The van der Waals surface area contributed by atoms with Gasteiger partial charge in [-0.1, -0.05) is 13.8 Å². The van der Waals surface area contributed by atoms with Crippen molar-refractivity contribution < 1.29 is 34.5 Å². The lowest BCUT2D eigenvalue weighted by Gasteiger charge is -2.24. The van der Waals surface area contributed by atoms with E-state index in [1.54, 1.807) is 13.8 Å². The summed E-state index contributed by atoms with van der Waals surface area (Å²) < 4.78 is 0. The van der Waals surface area contributed by atoms with Crippen LogP contribution >= 0.6 is 0 Å². The number of nitrogens with one attached hydrogen (secondary N) is 3. The molecular weight excluding hydrogens is 386 g/mol. The molecule has 4 unspecified atom stereocenters. The van der Waals surface area contributed by atoms with Crippen LogP contribution in [-0.2, 0) is 19.2 Å². The first kappa shape index (κ1) is 26.7. The van der Waals surface area contributed by atoms with Gasteiger partial charge < -0.3 is 42.7 Å². The maximum Gasteiger partial charge on any atom is 0.328 e. The Balaban J connectivity index is 5.17. The lowest BCUT2D eigenvalue weighted by molar-refractivity contribution is -0.143. The molecule has 3 amide bonds. The first-order chi connectivity index (χ1) is 13.6. The molecule has 168 valence electrons. The zero-order chi connectivity index (χ0) is 22.6. The molecule has 0 bridgehead atoms. The maximum atomic E-state index is 12.4. The number of hydrogen-bond donors (Lipinski definition) is 8. The van der Waals surface area contributed by atoms with Gasteiger partial charge in [0.25, 0.3) is 0 Å². The summed E-state index contributed by atoms with van der Waals surface area (Å²) in [7, 11) is 0. The summed E-state index contributed by atoms with van der Waals surface area (Å²) in [5.41, 5.74) is 11.1. The van der Waals surface area contributed by atoms with Gasteiger partial charge in [-0.05, 0) is 31.7 Å². The summed E-state index contributed by atoms with van der Waals surface area (Å²) in [5, 5.41) is 34.3. The first-order valence-corrected chi connectivity index (χ1v) is 9.40. The molecule has 12 heteroatoms. The van der Waals surface area contributed by atoms with Gasteiger partial charge >= 0.3 is 5.97 Å². The van der Waals surface area contributed by atoms with E-state index in [0.29, 0.717) is 19.4 Å². The number of unbranched alkanes of at least 4 members (excludes halogenated alkanes) is 1. The fourth-order valence-electron chi connectivity index (χ4n) is 2.26. The Morgan fingerprint density at radius 2 is 1.31 bits per heavy atom. The van der Waals surface area contributed by atoms with Gasteiger partial charge in [0.05, 0.1) is 19.3 Å². The molecule has 0 spiro atoms. The Morgan fingerprint density at radius 3 is 1.76 bits per heavy atom. The van der Waals surface area contributed by atoms with Crippen LogP contribution in [-0.4, -0.2) is 82.9 Å². The van der Waals surface area contributed by atoms with Crippen LogP contribution in [0.2, 0.25) is 0 Å². The second kappa shape index (κ2) is 13.8. The molecular formula is C17H33N5O7. The fourth-order valence-corrected chi connectivity index (χ4v) is 2.26. The standard InChI is InChI=1S/C17H33N5O7/c1-9(2)13(19)16(27)21-11(7-23)15(26)20-10(5-3-4-6-18)14(25)22-12(8-24)17(28)29/h9-13,23-24H,3-8,18-19H2,1-2H3,(H,20,26)(H,21,27)(H,22,25)(H,28,29). The summed E-state index contributed by atoms with van der Waals surface area (Å²) in [5.74, 6) is -3.92. The average Bonchev–Trinajstić information content (AvgIpc) is 2.67. The van der Waals surface area contributed by atoms with E-state index in [-0.39, 0.29) is 12.3 Å². The highest BCUT2D eigenvalue weighted by molar-refractivity contribution is 5.94. The number of aliphatic hydroxyl groups excluding tert-OH is 2. The average molecular weight is 419 g/mol. The molecule has 0 aliphatic heterocycles. The van der Waals surface area contributed by atoms with Crippen molar-refractivity contribution in [2.45, 2.75) is 57.3 Å². The van der Waals surface area contributed by atoms with E-state index in [4.69, 9.17) is 21.7 Å². The number of carboxylic acids is 1. The van der Waals surface area contributed by atoms with Crippen molar-refractivity contribution in [1.29, 1.82) is 0 Å². The van der Waals surface area contributed by atoms with Crippen LogP contribution in [0.5, 0.6) is 0 Å². The molecule has 29 heavy (non-hydrogen) atoms. The van der Waals surface area contributed by atoms with Crippen LogP contribution in [0.3, 0.4) is 0 Å². The summed E-state index contributed by atoms with van der Waals surface area (Å²) >= 11 is 0. The van der Waals surface area contributed by atoms with E-state index in [1.165, 1.54) is 0 Å². The summed E-state index contributed by atoms with van der Waals surface area (Å²) in [6, 6.07) is -4.91. The molecule has 0 fully saturated rings. The van der Waals surface area contributed by atoms with Crippen molar-refractivity contribution in [3.05, 3.63) is 0 Å². The van der Waals surface area contributed by atoms with Crippen molar-refractivity contribution in [2.75, 3.05) is 19.8 Å². The molecule has 0 radical (unpaired) electrons. The monoisotopic (exact) mass is 419 g/mol. The lowest BCUT2D eigenvalue weighted by atomic mass is 10.0. The predicted molar refractivity (Wildman–Crippen MR) is 103 cm³/mol. The third kappa shape index (κ3) is 9.65. The summed E-state index contributed by atoms with van der Waals surface area (Å²) in [4.78, 5) is 47.8. The first-order valence-electron chi connectivity index (χ1n) is 9.40. The quantitative estimate of drug-likeness (QED) is 0.131. The lowest BCUT2D eigenvalue weighted by Crippen LogP contribution is -2.58. The van der Waals surface area contributed by atoms with E-state index in [0.717, 1.165) is 0 Å². The van der Waals surface area contributed by atoms with Crippen LogP contribution in [0.25, 0.3) is 0 Å². The Bertz CT molecular complexity index is 558. The van der Waals surface area contributed by atoms with Gasteiger partial charge in [-0.15, -0.1) is 0 Å². The zero-order valence-electron chi connectivity index (χ0n) is 16.8. The highest BCUT2D eigenvalue weighted by Gasteiger charge is 2.30. The summed E-state index contributed by atoms with van der Waals surface area (Å²) in [6.07, 6.45) is 1.16. The minimum atomic E-state index is -1.53. The minimum absolute atomic E-state index is 0.143. The van der Waals surface area contributed by atoms with E-state index in [1.807, 2.05) is 0 Å². The Labute approximate surface area is 169 Å². The number of rotatable bonds is 14. The predicted octanol–water partition coefficient (Wildman–Crippen LogP) is -3.38. The number of nitrogens with two attached hydrogens (primary N) is 2. The SMILES string of the molecule is CC(C)C(N)C(=O)NC(CO)C(=O)NC(CCCCN)C(=O)NC(CO)C(=O)O.